The fourth-order valence-electron chi connectivity index (χ4n) is 2.54. The summed E-state index contributed by atoms with van der Waals surface area (Å²) in [6.07, 6.45) is 2.16. The monoisotopic (exact) mass is 488 g/mol. The molecule has 0 fully saturated rings. The van der Waals surface area contributed by atoms with Gasteiger partial charge in [-0.3, -0.25) is 9.10 Å². The van der Waals surface area contributed by atoms with Gasteiger partial charge in [-0.25, -0.2) is 16.8 Å². The van der Waals surface area contributed by atoms with Crippen LogP contribution in [0.4, 0.5) is 5.69 Å². The Balaban J connectivity index is 2.14. The van der Waals surface area contributed by atoms with Crippen LogP contribution in [0.3, 0.4) is 0 Å². The zero-order valence-electron chi connectivity index (χ0n) is 15.6. The molecule has 28 heavy (non-hydrogen) atoms. The zero-order valence-corrected chi connectivity index (χ0v) is 18.8. The Morgan fingerprint density at radius 2 is 1.68 bits per heavy atom. The number of sulfonamides is 1. The molecule has 2 aromatic carbocycles. The van der Waals surface area contributed by atoms with E-state index in [0.29, 0.717) is 15.7 Å². The maximum Gasteiger partial charge on any atom is 0.241 e. The third-order valence-electron chi connectivity index (χ3n) is 3.97. The second-order valence-corrected chi connectivity index (χ2v) is 11.2. The van der Waals surface area contributed by atoms with Crippen molar-refractivity contribution >= 4 is 47.4 Å². The van der Waals surface area contributed by atoms with Crippen molar-refractivity contribution < 1.29 is 21.6 Å². The first kappa shape index (κ1) is 22.4. The number of carbonyl (C=O) groups excluding carboxylic acids is 1. The molecule has 2 aromatic rings. The molecule has 0 aliphatic rings. The van der Waals surface area contributed by atoms with Crippen LogP contribution in [0.2, 0.25) is 0 Å². The van der Waals surface area contributed by atoms with E-state index in [2.05, 4.69) is 21.2 Å². The Morgan fingerprint density at radius 3 is 2.18 bits per heavy atom. The average molecular weight is 489 g/mol. The van der Waals surface area contributed by atoms with E-state index < -0.39 is 31.8 Å². The topological polar surface area (TPSA) is 101 Å². The van der Waals surface area contributed by atoms with Gasteiger partial charge in [-0.1, -0.05) is 34.1 Å². The van der Waals surface area contributed by atoms with E-state index in [0.717, 1.165) is 16.8 Å². The first-order chi connectivity index (χ1) is 12.9. The first-order valence-corrected chi connectivity index (χ1v) is 12.7. The van der Waals surface area contributed by atoms with Crippen molar-refractivity contribution in [3.05, 3.63) is 58.6 Å². The number of nitrogens with one attached hydrogen (secondary N) is 1. The third kappa shape index (κ3) is 6.05. The molecule has 152 valence electrons. The van der Waals surface area contributed by atoms with E-state index in [1.165, 1.54) is 12.1 Å². The smallest absolute Gasteiger partial charge is 0.241 e. The predicted molar refractivity (Wildman–Crippen MR) is 112 cm³/mol. The SMILES string of the molecule is C[C@H](NC(=O)CN(c1cccc(Br)c1)S(C)(=O)=O)c1ccc(S(C)(=O)=O)cc1. The second-order valence-electron chi connectivity index (χ2n) is 6.38. The minimum atomic E-state index is -3.67. The Hall–Kier alpha value is -1.91. The molecule has 0 saturated heterocycles. The van der Waals surface area contributed by atoms with Gasteiger partial charge in [0.25, 0.3) is 0 Å². The van der Waals surface area contributed by atoms with Crippen LogP contribution in [0.1, 0.15) is 18.5 Å². The molecule has 2 rings (SSSR count). The first-order valence-electron chi connectivity index (χ1n) is 8.20. The number of hydrogen-bond acceptors (Lipinski definition) is 5. The van der Waals surface area contributed by atoms with Gasteiger partial charge in [0.15, 0.2) is 9.84 Å². The van der Waals surface area contributed by atoms with Gasteiger partial charge in [0.2, 0.25) is 15.9 Å². The number of anilines is 1. The van der Waals surface area contributed by atoms with E-state index in [4.69, 9.17) is 0 Å². The van der Waals surface area contributed by atoms with Gasteiger partial charge in [-0.2, -0.15) is 0 Å². The molecule has 7 nitrogen and oxygen atoms in total. The fourth-order valence-corrected chi connectivity index (χ4v) is 4.40. The Morgan fingerprint density at radius 1 is 1.07 bits per heavy atom. The Bertz CT molecular complexity index is 1070. The molecule has 0 aliphatic carbocycles. The van der Waals surface area contributed by atoms with Crippen molar-refractivity contribution in [1.29, 1.82) is 0 Å². The van der Waals surface area contributed by atoms with Crippen molar-refractivity contribution in [3.8, 4) is 0 Å². The number of halogens is 1. The normalized spacial score (nSPS) is 13.0. The van der Waals surface area contributed by atoms with Crippen LogP contribution >= 0.6 is 15.9 Å². The van der Waals surface area contributed by atoms with Gasteiger partial charge in [-0.05, 0) is 42.8 Å². The van der Waals surface area contributed by atoms with Gasteiger partial charge >= 0.3 is 0 Å². The summed E-state index contributed by atoms with van der Waals surface area (Å²) in [5, 5.41) is 2.74. The maximum absolute atomic E-state index is 12.4. The number of sulfone groups is 1. The number of hydrogen-bond donors (Lipinski definition) is 1. The molecule has 0 aromatic heterocycles. The number of nitrogens with zero attached hydrogens (tertiary/aromatic N) is 1. The highest BCUT2D eigenvalue weighted by molar-refractivity contribution is 9.10. The highest BCUT2D eigenvalue weighted by Gasteiger charge is 2.22. The van der Waals surface area contributed by atoms with Crippen molar-refractivity contribution in [2.45, 2.75) is 17.9 Å². The molecular formula is C18H21BrN2O5S2. The lowest BCUT2D eigenvalue weighted by Gasteiger charge is -2.23. The van der Waals surface area contributed by atoms with Crippen LogP contribution in [0.5, 0.6) is 0 Å². The Labute approximate surface area is 173 Å². The minimum absolute atomic E-state index is 0.188. The summed E-state index contributed by atoms with van der Waals surface area (Å²) < 4.78 is 49.1. The van der Waals surface area contributed by atoms with Crippen molar-refractivity contribution in [2.75, 3.05) is 23.4 Å². The molecule has 1 N–H and O–H groups in total. The van der Waals surface area contributed by atoms with Crippen LogP contribution in [-0.2, 0) is 24.7 Å². The number of benzene rings is 2. The van der Waals surface area contributed by atoms with Gasteiger partial charge in [0.1, 0.15) is 6.54 Å². The number of carbonyl (C=O) groups is 1. The van der Waals surface area contributed by atoms with Crippen molar-refractivity contribution in [3.63, 3.8) is 0 Å². The largest absolute Gasteiger partial charge is 0.348 e. The zero-order chi connectivity index (χ0) is 21.1. The maximum atomic E-state index is 12.4. The van der Waals surface area contributed by atoms with E-state index in [9.17, 15) is 21.6 Å². The standard InChI is InChI=1S/C18H21BrN2O5S2/c1-13(14-7-9-17(10-8-14)27(2,23)24)20-18(22)12-21(28(3,25)26)16-6-4-5-15(19)11-16/h4-11,13H,12H2,1-3H3,(H,20,22)/t13-/m0/s1. The molecule has 0 spiro atoms. The molecular weight excluding hydrogens is 468 g/mol. The van der Waals surface area contributed by atoms with E-state index in [1.54, 1.807) is 43.3 Å². The summed E-state index contributed by atoms with van der Waals surface area (Å²) in [5.74, 6) is -0.481. The summed E-state index contributed by atoms with van der Waals surface area (Å²) in [6.45, 7) is 1.36. The number of rotatable bonds is 7. The molecule has 0 saturated carbocycles. The van der Waals surface area contributed by atoms with Gasteiger partial charge < -0.3 is 5.32 Å². The van der Waals surface area contributed by atoms with Gasteiger partial charge in [-0.15, -0.1) is 0 Å². The molecule has 1 amide bonds. The molecule has 10 heteroatoms. The lowest BCUT2D eigenvalue weighted by molar-refractivity contribution is -0.120. The second kappa shape index (κ2) is 8.62. The predicted octanol–water partition coefficient (Wildman–Crippen LogP) is 2.50. The summed E-state index contributed by atoms with van der Waals surface area (Å²) in [4.78, 5) is 12.6. The fraction of sp³-hybridized carbons (Fsp3) is 0.278. The van der Waals surface area contributed by atoms with Crippen LogP contribution in [-0.4, -0.2) is 41.8 Å². The highest BCUT2D eigenvalue weighted by Crippen LogP contribution is 2.22. The third-order valence-corrected chi connectivity index (χ3v) is 6.73. The van der Waals surface area contributed by atoms with Gasteiger partial charge in [0.05, 0.1) is 22.9 Å². The molecule has 0 heterocycles. The quantitative estimate of drug-likeness (QED) is 0.644. The number of amides is 1. The summed E-state index contributed by atoms with van der Waals surface area (Å²) in [5.41, 5.74) is 1.08. The van der Waals surface area contributed by atoms with E-state index >= 15 is 0 Å². The molecule has 0 bridgehead atoms. The van der Waals surface area contributed by atoms with Crippen LogP contribution in [0.15, 0.2) is 57.9 Å². The molecule has 0 radical (unpaired) electrons. The highest BCUT2D eigenvalue weighted by atomic mass is 79.9. The van der Waals surface area contributed by atoms with E-state index in [1.807, 2.05) is 0 Å². The molecule has 0 aliphatic heterocycles. The Kier molecular flexibility index (Phi) is 6.89. The van der Waals surface area contributed by atoms with Crippen molar-refractivity contribution in [1.82, 2.24) is 5.32 Å². The van der Waals surface area contributed by atoms with Crippen molar-refractivity contribution in [2.24, 2.45) is 0 Å². The lowest BCUT2D eigenvalue weighted by Crippen LogP contribution is -2.41. The average Bonchev–Trinajstić information content (AvgIpc) is 2.58. The van der Waals surface area contributed by atoms with E-state index in [-0.39, 0.29) is 11.4 Å². The lowest BCUT2D eigenvalue weighted by atomic mass is 10.1. The minimum Gasteiger partial charge on any atom is -0.348 e. The van der Waals surface area contributed by atoms with Crippen LogP contribution in [0.25, 0.3) is 0 Å². The molecule has 0 unspecified atom stereocenters. The summed E-state index contributed by atoms with van der Waals surface area (Å²) in [6, 6.07) is 12.4. The van der Waals surface area contributed by atoms with Crippen LogP contribution in [0, 0.1) is 0 Å². The molecule has 1 atom stereocenters. The summed E-state index contributed by atoms with van der Waals surface area (Å²) in [7, 11) is -6.97. The van der Waals surface area contributed by atoms with Gasteiger partial charge in [0, 0.05) is 10.7 Å². The van der Waals surface area contributed by atoms with Crippen LogP contribution < -0.4 is 9.62 Å². The summed E-state index contributed by atoms with van der Waals surface area (Å²) >= 11 is 3.29.